The minimum Gasteiger partial charge on any atom is -0.497 e. The second kappa shape index (κ2) is 9.24. The molecule has 0 spiro atoms. The van der Waals surface area contributed by atoms with Gasteiger partial charge in [0.2, 0.25) is 5.82 Å². The lowest BCUT2D eigenvalue weighted by Crippen LogP contribution is -2.46. The summed E-state index contributed by atoms with van der Waals surface area (Å²) in [6, 6.07) is 21.3. The molecule has 1 atom stereocenters. The average Bonchev–Trinajstić information content (AvgIpc) is 3.58. The van der Waals surface area contributed by atoms with Crippen molar-refractivity contribution in [3.8, 4) is 17.1 Å². The van der Waals surface area contributed by atoms with E-state index in [9.17, 15) is 4.79 Å². The number of hydrogen-bond acceptors (Lipinski definition) is 5. The summed E-state index contributed by atoms with van der Waals surface area (Å²) in [6.45, 7) is 3.97. The van der Waals surface area contributed by atoms with Gasteiger partial charge in [-0.1, -0.05) is 47.1 Å². The Bertz CT molecular complexity index is 1520. The van der Waals surface area contributed by atoms with E-state index in [0.29, 0.717) is 11.7 Å². The zero-order valence-corrected chi connectivity index (χ0v) is 21.1. The number of anilines is 1. The van der Waals surface area contributed by atoms with E-state index in [4.69, 9.17) is 14.2 Å². The molecule has 0 saturated carbocycles. The number of amides is 2. The minimum absolute atomic E-state index is 0.196. The van der Waals surface area contributed by atoms with E-state index in [-0.39, 0.29) is 6.03 Å². The Morgan fingerprint density at radius 3 is 2.59 bits per heavy atom. The van der Waals surface area contributed by atoms with Crippen LogP contribution < -0.4 is 15.0 Å². The maximum Gasteiger partial charge on any atom is 0.326 e. The summed E-state index contributed by atoms with van der Waals surface area (Å²) in [7, 11) is 1.63. The third-order valence-corrected chi connectivity index (χ3v) is 7.21. The number of urea groups is 1. The summed E-state index contributed by atoms with van der Waals surface area (Å²) in [5.41, 5.74) is 7.90. The van der Waals surface area contributed by atoms with Gasteiger partial charge in [-0.3, -0.25) is 4.90 Å². The molecule has 0 fully saturated rings. The largest absolute Gasteiger partial charge is 0.497 e. The molecule has 0 saturated heterocycles. The zero-order valence-electron chi connectivity index (χ0n) is 21.1. The number of allylic oxidation sites excluding steroid dienone is 1. The standard InChI is InChI=1S/C30H28N4O3/c1-18-6-4-9-23(16-18)28-32-29(37-33-28)26-19(2)34(24-13-10-20-7-5-8-22(20)17-24)30(35)31-27(26)21-11-14-25(36-3)15-12-21/h4,6,9-17,27H,5,7-8H2,1-3H3,(H,31,35). The maximum atomic E-state index is 13.5. The van der Waals surface area contributed by atoms with Crippen LogP contribution in [-0.2, 0) is 12.8 Å². The summed E-state index contributed by atoms with van der Waals surface area (Å²) in [6.07, 6.45) is 3.27. The second-order valence-corrected chi connectivity index (χ2v) is 9.59. The van der Waals surface area contributed by atoms with Gasteiger partial charge in [-0.2, -0.15) is 4.98 Å². The van der Waals surface area contributed by atoms with E-state index in [0.717, 1.165) is 58.7 Å². The number of carbonyl (C=O) groups is 1. The molecule has 186 valence electrons. The number of aromatic nitrogens is 2. The van der Waals surface area contributed by atoms with Crippen LogP contribution in [0, 0.1) is 6.92 Å². The SMILES string of the molecule is COc1ccc(C2NC(=O)N(c3ccc4c(c3)CCC4)C(C)=C2c2nc(-c3cccc(C)c3)no2)cc1. The number of fused-ring (bicyclic) bond motifs is 1. The van der Waals surface area contributed by atoms with Gasteiger partial charge in [0.1, 0.15) is 5.75 Å². The molecule has 0 radical (unpaired) electrons. The lowest BCUT2D eigenvalue weighted by molar-refractivity contribution is 0.244. The smallest absolute Gasteiger partial charge is 0.326 e. The van der Waals surface area contributed by atoms with Crippen LogP contribution in [0.3, 0.4) is 0 Å². The van der Waals surface area contributed by atoms with Crippen LogP contribution in [0.4, 0.5) is 10.5 Å². The molecular weight excluding hydrogens is 464 g/mol. The summed E-state index contributed by atoms with van der Waals surface area (Å²) < 4.78 is 11.2. The summed E-state index contributed by atoms with van der Waals surface area (Å²) in [5, 5.41) is 7.47. The van der Waals surface area contributed by atoms with Crippen LogP contribution in [0.2, 0.25) is 0 Å². The molecule has 1 aliphatic heterocycles. The number of carbonyl (C=O) groups excluding carboxylic acids is 1. The Morgan fingerprint density at radius 2 is 1.81 bits per heavy atom. The number of aryl methyl sites for hydroxylation is 3. The van der Waals surface area contributed by atoms with Crippen molar-refractivity contribution < 1.29 is 14.1 Å². The molecule has 1 aromatic heterocycles. The van der Waals surface area contributed by atoms with Crippen LogP contribution in [0.5, 0.6) is 5.75 Å². The number of nitrogens with zero attached hydrogens (tertiary/aromatic N) is 3. The van der Waals surface area contributed by atoms with Gasteiger partial charge in [0, 0.05) is 11.3 Å². The van der Waals surface area contributed by atoms with Crippen molar-refractivity contribution in [3.05, 3.63) is 101 Å². The van der Waals surface area contributed by atoms with Gasteiger partial charge >= 0.3 is 6.03 Å². The van der Waals surface area contributed by atoms with Crippen molar-refractivity contribution in [1.82, 2.24) is 15.5 Å². The van der Waals surface area contributed by atoms with E-state index < -0.39 is 6.04 Å². The van der Waals surface area contributed by atoms with Crippen molar-refractivity contribution in [3.63, 3.8) is 0 Å². The number of methoxy groups -OCH3 is 1. The summed E-state index contributed by atoms with van der Waals surface area (Å²) in [5.74, 6) is 1.63. The van der Waals surface area contributed by atoms with Crippen molar-refractivity contribution in [2.45, 2.75) is 39.2 Å². The first kappa shape index (κ1) is 23.0. The quantitative estimate of drug-likeness (QED) is 0.356. The fourth-order valence-corrected chi connectivity index (χ4v) is 5.31. The molecule has 1 N–H and O–H groups in total. The van der Waals surface area contributed by atoms with Crippen LogP contribution in [0.15, 0.2) is 77.0 Å². The second-order valence-electron chi connectivity index (χ2n) is 9.59. The number of hydrogen-bond donors (Lipinski definition) is 1. The molecule has 2 aliphatic rings. The Kier molecular flexibility index (Phi) is 5.75. The van der Waals surface area contributed by atoms with Gasteiger partial charge in [0.15, 0.2) is 0 Å². The molecule has 6 rings (SSSR count). The fraction of sp³-hybridized carbons (Fsp3) is 0.233. The topological polar surface area (TPSA) is 80.5 Å². The van der Waals surface area contributed by atoms with Crippen molar-refractivity contribution in [2.75, 3.05) is 12.0 Å². The van der Waals surface area contributed by atoms with E-state index >= 15 is 0 Å². The predicted octanol–water partition coefficient (Wildman–Crippen LogP) is 6.24. The highest BCUT2D eigenvalue weighted by molar-refractivity contribution is 6.01. The maximum absolute atomic E-state index is 13.5. The Hall–Kier alpha value is -4.39. The van der Waals surface area contributed by atoms with E-state index in [2.05, 4.69) is 22.6 Å². The Morgan fingerprint density at radius 1 is 1.00 bits per heavy atom. The first-order valence-corrected chi connectivity index (χ1v) is 12.5. The molecule has 1 unspecified atom stereocenters. The molecule has 1 aliphatic carbocycles. The zero-order chi connectivity index (χ0) is 25.5. The average molecular weight is 493 g/mol. The lowest BCUT2D eigenvalue weighted by atomic mass is 9.94. The van der Waals surface area contributed by atoms with E-state index in [1.807, 2.05) is 68.4 Å². The Labute approximate surface area is 215 Å². The highest BCUT2D eigenvalue weighted by Crippen LogP contribution is 2.40. The number of benzene rings is 3. The third kappa shape index (κ3) is 4.16. The first-order chi connectivity index (χ1) is 18.0. The van der Waals surface area contributed by atoms with Gasteiger partial charge < -0.3 is 14.6 Å². The number of ether oxygens (including phenoxy) is 1. The highest BCUT2D eigenvalue weighted by Gasteiger charge is 2.36. The predicted molar refractivity (Wildman–Crippen MR) is 142 cm³/mol. The van der Waals surface area contributed by atoms with Gasteiger partial charge in [0.05, 0.1) is 24.4 Å². The summed E-state index contributed by atoms with van der Waals surface area (Å²) >= 11 is 0. The van der Waals surface area contributed by atoms with Crippen LogP contribution >= 0.6 is 0 Å². The van der Waals surface area contributed by atoms with Gasteiger partial charge in [0.25, 0.3) is 5.89 Å². The van der Waals surface area contributed by atoms with Crippen molar-refractivity contribution in [2.24, 2.45) is 0 Å². The lowest BCUT2D eigenvalue weighted by Gasteiger charge is -2.35. The first-order valence-electron chi connectivity index (χ1n) is 12.5. The number of nitrogens with one attached hydrogen (secondary N) is 1. The fourth-order valence-electron chi connectivity index (χ4n) is 5.31. The molecule has 37 heavy (non-hydrogen) atoms. The summed E-state index contributed by atoms with van der Waals surface area (Å²) in [4.78, 5) is 20.0. The van der Waals surface area contributed by atoms with Gasteiger partial charge in [-0.05, 0) is 80.1 Å². The van der Waals surface area contributed by atoms with Crippen molar-refractivity contribution in [1.29, 1.82) is 0 Å². The molecule has 0 bridgehead atoms. The highest BCUT2D eigenvalue weighted by atomic mass is 16.5. The van der Waals surface area contributed by atoms with Gasteiger partial charge in [-0.15, -0.1) is 0 Å². The van der Waals surface area contributed by atoms with E-state index in [1.54, 1.807) is 12.0 Å². The minimum atomic E-state index is -0.463. The third-order valence-electron chi connectivity index (χ3n) is 7.21. The van der Waals surface area contributed by atoms with Crippen LogP contribution in [0.1, 0.15) is 47.5 Å². The number of rotatable bonds is 5. The normalized spacial score (nSPS) is 17.1. The molecule has 7 heteroatoms. The molecule has 3 aromatic carbocycles. The van der Waals surface area contributed by atoms with Crippen LogP contribution in [-0.4, -0.2) is 23.3 Å². The molecule has 7 nitrogen and oxygen atoms in total. The molecule has 2 amide bonds. The molecule has 2 heterocycles. The molecule has 4 aromatic rings. The monoisotopic (exact) mass is 492 g/mol. The van der Waals surface area contributed by atoms with Crippen LogP contribution in [0.25, 0.3) is 17.0 Å². The van der Waals surface area contributed by atoms with Gasteiger partial charge in [-0.25, -0.2) is 4.79 Å². The van der Waals surface area contributed by atoms with E-state index in [1.165, 1.54) is 11.1 Å². The Balaban J connectivity index is 1.48. The molecular formula is C30H28N4O3. The van der Waals surface area contributed by atoms with Crippen molar-refractivity contribution >= 4 is 17.3 Å².